The fourth-order valence-corrected chi connectivity index (χ4v) is 1.60. The molecule has 0 atom stereocenters. The molecule has 1 heterocycles. The molecule has 0 radical (unpaired) electrons. The first kappa shape index (κ1) is 12.5. The van der Waals surface area contributed by atoms with E-state index in [2.05, 4.69) is 24.3 Å². The van der Waals surface area contributed by atoms with Crippen LogP contribution in [0.1, 0.15) is 25.2 Å². The summed E-state index contributed by atoms with van der Waals surface area (Å²) in [4.78, 5) is 0. The number of hydrogen-bond acceptors (Lipinski definition) is 2. The van der Waals surface area contributed by atoms with Crippen LogP contribution < -0.4 is 5.32 Å². The Hall–Kier alpha value is -0.540. The van der Waals surface area contributed by atoms with Crippen LogP contribution in [0, 0.1) is 19.8 Å². The zero-order valence-corrected chi connectivity index (χ0v) is 10.7. The molecule has 0 bridgehead atoms. The molecule has 4 heteroatoms. The van der Waals surface area contributed by atoms with Gasteiger partial charge >= 0.3 is 0 Å². The van der Waals surface area contributed by atoms with Crippen molar-refractivity contribution in [3.8, 4) is 0 Å². The van der Waals surface area contributed by atoms with Crippen LogP contribution in [-0.4, -0.2) is 22.9 Å². The fraction of sp³-hybridized carbons (Fsp3) is 0.727. The topological polar surface area (TPSA) is 29.9 Å². The molecule has 0 spiro atoms. The smallest absolute Gasteiger partial charge is 0.0844 e. The molecule has 0 aliphatic heterocycles. The van der Waals surface area contributed by atoms with Gasteiger partial charge in [-0.05, 0) is 26.3 Å². The summed E-state index contributed by atoms with van der Waals surface area (Å²) < 4.78 is 1.96. The highest BCUT2D eigenvalue weighted by Gasteiger charge is 2.07. The Morgan fingerprint density at radius 2 is 2.07 bits per heavy atom. The molecular weight excluding hydrogens is 210 g/mol. The second-order valence-electron chi connectivity index (χ2n) is 4.31. The number of rotatable bonds is 5. The second kappa shape index (κ2) is 5.52. The maximum Gasteiger partial charge on any atom is 0.0844 e. The third-order valence-electron chi connectivity index (χ3n) is 2.35. The summed E-state index contributed by atoms with van der Waals surface area (Å²) in [5.41, 5.74) is 1.97. The summed E-state index contributed by atoms with van der Waals surface area (Å²) in [6.07, 6.45) is 0. The zero-order valence-electron chi connectivity index (χ0n) is 9.97. The van der Waals surface area contributed by atoms with Crippen molar-refractivity contribution in [2.24, 2.45) is 5.92 Å². The molecule has 1 rings (SSSR count). The third kappa shape index (κ3) is 3.50. The van der Waals surface area contributed by atoms with Gasteiger partial charge in [0, 0.05) is 6.54 Å². The third-order valence-corrected chi connectivity index (χ3v) is 2.89. The quantitative estimate of drug-likeness (QED) is 0.786. The van der Waals surface area contributed by atoms with Crippen molar-refractivity contribution < 1.29 is 0 Å². The number of nitrogens with one attached hydrogen (secondary N) is 1. The molecule has 86 valence electrons. The normalized spacial score (nSPS) is 11.3. The molecule has 0 unspecified atom stereocenters. The standard InChI is InChI=1S/C11H20ClN3/c1-8(2)7-13-5-6-15-10(4)11(12)9(3)14-15/h8,13H,5-7H2,1-4H3. The number of halogens is 1. The fourth-order valence-electron chi connectivity index (χ4n) is 1.47. The molecule has 0 aliphatic rings. The lowest BCUT2D eigenvalue weighted by Crippen LogP contribution is -2.24. The first-order chi connectivity index (χ1) is 7.02. The lowest BCUT2D eigenvalue weighted by atomic mass is 10.2. The van der Waals surface area contributed by atoms with E-state index in [1.54, 1.807) is 0 Å². The zero-order chi connectivity index (χ0) is 11.4. The van der Waals surface area contributed by atoms with Gasteiger partial charge in [0.25, 0.3) is 0 Å². The first-order valence-corrected chi connectivity index (χ1v) is 5.80. The molecule has 3 nitrogen and oxygen atoms in total. The largest absolute Gasteiger partial charge is 0.315 e. The Bertz CT molecular complexity index is 318. The maximum atomic E-state index is 6.06. The molecule has 15 heavy (non-hydrogen) atoms. The van der Waals surface area contributed by atoms with Crippen molar-refractivity contribution in [1.82, 2.24) is 15.1 Å². The van der Waals surface area contributed by atoms with E-state index in [1.165, 1.54) is 0 Å². The van der Waals surface area contributed by atoms with Crippen molar-refractivity contribution >= 4 is 11.6 Å². The van der Waals surface area contributed by atoms with E-state index >= 15 is 0 Å². The van der Waals surface area contributed by atoms with Crippen LogP contribution in [0.15, 0.2) is 0 Å². The summed E-state index contributed by atoms with van der Waals surface area (Å²) in [5, 5.41) is 8.55. The minimum absolute atomic E-state index is 0.689. The van der Waals surface area contributed by atoms with Crippen LogP contribution in [0.4, 0.5) is 0 Å². The minimum atomic E-state index is 0.689. The van der Waals surface area contributed by atoms with Crippen molar-refractivity contribution in [1.29, 1.82) is 0 Å². The number of aryl methyl sites for hydroxylation is 1. The molecule has 1 N–H and O–H groups in total. The second-order valence-corrected chi connectivity index (χ2v) is 4.68. The van der Waals surface area contributed by atoms with Crippen LogP contribution in [0.2, 0.25) is 5.02 Å². The van der Waals surface area contributed by atoms with Crippen molar-refractivity contribution in [2.75, 3.05) is 13.1 Å². The monoisotopic (exact) mass is 229 g/mol. The minimum Gasteiger partial charge on any atom is -0.315 e. The van der Waals surface area contributed by atoms with Gasteiger partial charge in [0.1, 0.15) is 0 Å². The highest BCUT2D eigenvalue weighted by atomic mass is 35.5. The number of hydrogen-bond donors (Lipinski definition) is 1. The van der Waals surface area contributed by atoms with Gasteiger partial charge < -0.3 is 5.32 Å². The lowest BCUT2D eigenvalue weighted by Gasteiger charge is -2.08. The Morgan fingerprint density at radius 1 is 1.40 bits per heavy atom. The summed E-state index contributed by atoms with van der Waals surface area (Å²) in [6.45, 7) is 11.2. The first-order valence-electron chi connectivity index (χ1n) is 5.42. The summed E-state index contributed by atoms with van der Waals surface area (Å²) >= 11 is 6.06. The van der Waals surface area contributed by atoms with Crippen LogP contribution in [-0.2, 0) is 6.54 Å². The van der Waals surface area contributed by atoms with Gasteiger partial charge in [-0.15, -0.1) is 0 Å². The van der Waals surface area contributed by atoms with Gasteiger partial charge in [-0.3, -0.25) is 4.68 Å². The summed E-state index contributed by atoms with van der Waals surface area (Å²) in [7, 11) is 0. The number of nitrogens with zero attached hydrogens (tertiary/aromatic N) is 2. The average molecular weight is 230 g/mol. The Balaban J connectivity index is 2.41. The van der Waals surface area contributed by atoms with Gasteiger partial charge in [-0.2, -0.15) is 5.10 Å². The predicted molar refractivity (Wildman–Crippen MR) is 64.4 cm³/mol. The van der Waals surface area contributed by atoms with Gasteiger partial charge in [0.15, 0.2) is 0 Å². The molecule has 1 aromatic heterocycles. The van der Waals surface area contributed by atoms with Gasteiger partial charge in [-0.25, -0.2) is 0 Å². The lowest BCUT2D eigenvalue weighted by molar-refractivity contribution is 0.500. The van der Waals surface area contributed by atoms with E-state index in [4.69, 9.17) is 11.6 Å². The highest BCUT2D eigenvalue weighted by Crippen LogP contribution is 2.18. The van der Waals surface area contributed by atoms with Crippen LogP contribution in [0.3, 0.4) is 0 Å². The van der Waals surface area contributed by atoms with E-state index in [0.29, 0.717) is 5.92 Å². The maximum absolute atomic E-state index is 6.06. The molecular formula is C11H20ClN3. The molecule has 1 aromatic rings. The van der Waals surface area contributed by atoms with E-state index in [-0.39, 0.29) is 0 Å². The SMILES string of the molecule is Cc1nn(CCNCC(C)C)c(C)c1Cl. The molecule has 0 aromatic carbocycles. The van der Waals surface area contributed by atoms with Gasteiger partial charge in [0.2, 0.25) is 0 Å². The number of aromatic nitrogens is 2. The predicted octanol–water partition coefficient (Wildman–Crippen LogP) is 2.40. The Morgan fingerprint density at radius 3 is 2.53 bits per heavy atom. The molecule has 0 saturated carbocycles. The Kier molecular flexibility index (Phi) is 4.61. The Labute approximate surface area is 96.8 Å². The average Bonchev–Trinajstić information content (AvgIpc) is 2.41. The van der Waals surface area contributed by atoms with Crippen LogP contribution in [0.5, 0.6) is 0 Å². The molecule has 0 aliphatic carbocycles. The van der Waals surface area contributed by atoms with Crippen molar-refractivity contribution in [2.45, 2.75) is 34.2 Å². The van der Waals surface area contributed by atoms with Crippen LogP contribution >= 0.6 is 11.6 Å². The van der Waals surface area contributed by atoms with E-state index < -0.39 is 0 Å². The molecule has 0 saturated heterocycles. The molecule has 0 fully saturated rings. The van der Waals surface area contributed by atoms with E-state index in [0.717, 1.165) is 36.0 Å². The molecule has 0 amide bonds. The highest BCUT2D eigenvalue weighted by molar-refractivity contribution is 6.31. The van der Waals surface area contributed by atoms with Gasteiger partial charge in [0.05, 0.1) is 23.0 Å². The van der Waals surface area contributed by atoms with Crippen molar-refractivity contribution in [3.05, 3.63) is 16.4 Å². The van der Waals surface area contributed by atoms with Crippen LogP contribution in [0.25, 0.3) is 0 Å². The summed E-state index contributed by atoms with van der Waals surface area (Å²) in [5.74, 6) is 0.689. The van der Waals surface area contributed by atoms with E-state index in [1.807, 2.05) is 18.5 Å². The van der Waals surface area contributed by atoms with Crippen molar-refractivity contribution in [3.63, 3.8) is 0 Å². The summed E-state index contributed by atoms with van der Waals surface area (Å²) in [6, 6.07) is 0. The van der Waals surface area contributed by atoms with E-state index in [9.17, 15) is 0 Å². The van der Waals surface area contributed by atoms with Gasteiger partial charge in [-0.1, -0.05) is 25.4 Å².